The Morgan fingerprint density at radius 2 is 1.95 bits per heavy atom. The minimum absolute atomic E-state index is 0.0942. The molecular formula is C14H18N4O. The molecule has 1 aromatic carbocycles. The van der Waals surface area contributed by atoms with E-state index in [1.165, 1.54) is 0 Å². The number of anilines is 1. The first-order chi connectivity index (χ1) is 9.15. The summed E-state index contributed by atoms with van der Waals surface area (Å²) in [4.78, 5) is 14.3. The highest BCUT2D eigenvalue weighted by molar-refractivity contribution is 6.53. The van der Waals surface area contributed by atoms with Crippen molar-refractivity contribution < 1.29 is 4.79 Å². The van der Waals surface area contributed by atoms with Crippen LogP contribution in [0, 0.1) is 6.92 Å². The number of nitrogens with one attached hydrogen (secondary N) is 1. The van der Waals surface area contributed by atoms with Gasteiger partial charge < -0.3 is 10.2 Å². The molecule has 0 aliphatic carbocycles. The number of benzene rings is 1. The van der Waals surface area contributed by atoms with E-state index < -0.39 is 0 Å². The van der Waals surface area contributed by atoms with E-state index in [0.717, 1.165) is 43.0 Å². The van der Waals surface area contributed by atoms with Crippen LogP contribution in [0.15, 0.2) is 23.3 Å². The molecule has 0 saturated carbocycles. The Morgan fingerprint density at radius 1 is 1.21 bits per heavy atom. The summed E-state index contributed by atoms with van der Waals surface area (Å²) < 4.78 is 0. The summed E-state index contributed by atoms with van der Waals surface area (Å²) in [6.45, 7) is 5.71. The van der Waals surface area contributed by atoms with Crippen LogP contribution < -0.4 is 5.32 Å². The Balaban J connectivity index is 1.90. The Morgan fingerprint density at radius 3 is 2.68 bits per heavy atom. The van der Waals surface area contributed by atoms with E-state index in [4.69, 9.17) is 0 Å². The topological polar surface area (TPSA) is 47.9 Å². The van der Waals surface area contributed by atoms with Crippen molar-refractivity contribution in [2.75, 3.05) is 38.5 Å². The first-order valence-electron chi connectivity index (χ1n) is 6.58. The molecule has 100 valence electrons. The van der Waals surface area contributed by atoms with Gasteiger partial charge in [-0.05, 0) is 19.5 Å². The van der Waals surface area contributed by atoms with Gasteiger partial charge in [-0.1, -0.05) is 18.2 Å². The second-order valence-corrected chi connectivity index (χ2v) is 5.16. The first kappa shape index (κ1) is 12.2. The molecule has 3 rings (SSSR count). The molecule has 0 spiro atoms. The number of piperazine rings is 1. The van der Waals surface area contributed by atoms with Gasteiger partial charge >= 0.3 is 0 Å². The van der Waals surface area contributed by atoms with E-state index in [1.54, 1.807) is 0 Å². The van der Waals surface area contributed by atoms with Crippen LogP contribution in [0.3, 0.4) is 0 Å². The normalized spacial score (nSPS) is 21.7. The molecule has 0 unspecified atom stereocenters. The average molecular weight is 258 g/mol. The van der Waals surface area contributed by atoms with Gasteiger partial charge in [0.1, 0.15) is 0 Å². The van der Waals surface area contributed by atoms with E-state index in [-0.39, 0.29) is 5.91 Å². The predicted octanol–water partition coefficient (Wildman–Crippen LogP) is 0.899. The summed E-state index contributed by atoms with van der Waals surface area (Å²) in [6.07, 6.45) is 0. The lowest BCUT2D eigenvalue weighted by Crippen LogP contribution is -2.42. The molecule has 0 radical (unpaired) electrons. The molecule has 0 bridgehead atoms. The third kappa shape index (κ3) is 2.21. The van der Waals surface area contributed by atoms with Crippen LogP contribution in [0.4, 0.5) is 5.69 Å². The van der Waals surface area contributed by atoms with Crippen molar-refractivity contribution in [2.24, 2.45) is 5.10 Å². The Bertz CT molecular complexity index is 544. The highest BCUT2D eigenvalue weighted by Gasteiger charge is 2.28. The number of likely N-dealkylation sites (N-methyl/N-ethyl adjacent to an activating group) is 1. The summed E-state index contributed by atoms with van der Waals surface area (Å²) in [5.41, 5.74) is 3.45. The van der Waals surface area contributed by atoms with E-state index >= 15 is 0 Å². The highest BCUT2D eigenvalue weighted by atomic mass is 16.2. The number of hydrazone groups is 1. The fraction of sp³-hybridized carbons (Fsp3) is 0.429. The average Bonchev–Trinajstić information content (AvgIpc) is 2.71. The number of hydrogen-bond acceptors (Lipinski definition) is 4. The number of fused-ring (bicyclic) bond motifs is 1. The van der Waals surface area contributed by atoms with E-state index in [2.05, 4.69) is 22.4 Å². The maximum Gasteiger partial charge on any atom is 0.276 e. The minimum atomic E-state index is -0.0942. The van der Waals surface area contributed by atoms with Gasteiger partial charge in [0.25, 0.3) is 5.91 Å². The number of amides is 1. The molecule has 2 aliphatic heterocycles. The smallest absolute Gasteiger partial charge is 0.276 e. The van der Waals surface area contributed by atoms with Crippen molar-refractivity contribution in [3.63, 3.8) is 0 Å². The van der Waals surface area contributed by atoms with E-state index in [0.29, 0.717) is 5.71 Å². The second kappa shape index (κ2) is 4.66. The molecule has 1 N–H and O–H groups in total. The van der Waals surface area contributed by atoms with Crippen LogP contribution in [0.1, 0.15) is 11.1 Å². The predicted molar refractivity (Wildman–Crippen MR) is 75.4 cm³/mol. The van der Waals surface area contributed by atoms with Gasteiger partial charge in [-0.3, -0.25) is 9.80 Å². The lowest BCUT2D eigenvalue weighted by Gasteiger charge is -2.30. The molecule has 19 heavy (non-hydrogen) atoms. The van der Waals surface area contributed by atoms with Crippen LogP contribution in [0.5, 0.6) is 0 Å². The lowest BCUT2D eigenvalue weighted by atomic mass is 10.1. The van der Waals surface area contributed by atoms with Crippen LogP contribution in [-0.2, 0) is 4.79 Å². The monoisotopic (exact) mass is 258 g/mol. The Hall–Kier alpha value is -1.88. The van der Waals surface area contributed by atoms with Crippen molar-refractivity contribution in [1.82, 2.24) is 9.91 Å². The lowest BCUT2D eigenvalue weighted by molar-refractivity contribution is -0.110. The molecule has 0 aromatic heterocycles. The van der Waals surface area contributed by atoms with Crippen molar-refractivity contribution in [1.29, 1.82) is 0 Å². The number of carbonyl (C=O) groups is 1. The number of rotatable bonds is 1. The summed E-state index contributed by atoms with van der Waals surface area (Å²) in [5.74, 6) is -0.0942. The van der Waals surface area contributed by atoms with E-state index in [9.17, 15) is 4.79 Å². The number of nitrogens with zero attached hydrogens (tertiary/aromatic N) is 3. The zero-order chi connectivity index (χ0) is 13.4. The van der Waals surface area contributed by atoms with Gasteiger partial charge in [-0.2, -0.15) is 5.10 Å². The van der Waals surface area contributed by atoms with Gasteiger partial charge in [0.2, 0.25) is 0 Å². The van der Waals surface area contributed by atoms with E-state index in [1.807, 2.05) is 30.1 Å². The van der Waals surface area contributed by atoms with Crippen molar-refractivity contribution >= 4 is 17.3 Å². The molecule has 2 aliphatic rings. The largest absolute Gasteiger partial charge is 0.320 e. The maximum absolute atomic E-state index is 12.0. The molecule has 1 saturated heterocycles. The fourth-order valence-corrected chi connectivity index (χ4v) is 2.46. The molecule has 1 fully saturated rings. The highest BCUT2D eigenvalue weighted by Crippen LogP contribution is 2.27. The second-order valence-electron chi connectivity index (χ2n) is 5.16. The molecule has 2 heterocycles. The molecule has 5 heteroatoms. The van der Waals surface area contributed by atoms with Crippen molar-refractivity contribution in [2.45, 2.75) is 6.92 Å². The Labute approximate surface area is 112 Å². The van der Waals surface area contributed by atoms with Gasteiger partial charge in [-0.15, -0.1) is 0 Å². The molecular weight excluding hydrogens is 240 g/mol. The third-order valence-electron chi connectivity index (χ3n) is 3.70. The zero-order valence-electron chi connectivity index (χ0n) is 11.3. The molecule has 5 nitrogen and oxygen atoms in total. The molecule has 0 atom stereocenters. The van der Waals surface area contributed by atoms with Crippen LogP contribution in [0.2, 0.25) is 0 Å². The molecule has 1 aromatic rings. The quantitative estimate of drug-likeness (QED) is 0.814. The number of aryl methyl sites for hydroxylation is 1. The van der Waals surface area contributed by atoms with Crippen molar-refractivity contribution in [3.8, 4) is 0 Å². The molecule has 1 amide bonds. The van der Waals surface area contributed by atoms with Crippen LogP contribution >= 0.6 is 0 Å². The minimum Gasteiger partial charge on any atom is -0.320 e. The van der Waals surface area contributed by atoms with Crippen molar-refractivity contribution in [3.05, 3.63) is 29.3 Å². The maximum atomic E-state index is 12.0. The van der Waals surface area contributed by atoms with Crippen LogP contribution in [-0.4, -0.2) is 54.8 Å². The SMILES string of the molecule is Cc1cccc2c1NC(=O)/C2=N\N1CCN(C)CC1. The Kier molecular flexibility index (Phi) is 2.98. The van der Waals surface area contributed by atoms with Gasteiger partial charge in [-0.25, -0.2) is 0 Å². The fourth-order valence-electron chi connectivity index (χ4n) is 2.46. The number of para-hydroxylation sites is 1. The summed E-state index contributed by atoms with van der Waals surface area (Å²) in [5, 5.41) is 9.44. The first-order valence-corrected chi connectivity index (χ1v) is 6.58. The number of carbonyl (C=O) groups excluding carboxylic acids is 1. The number of hydrogen-bond donors (Lipinski definition) is 1. The van der Waals surface area contributed by atoms with Gasteiger partial charge in [0.05, 0.1) is 5.69 Å². The summed E-state index contributed by atoms with van der Waals surface area (Å²) in [7, 11) is 2.10. The zero-order valence-corrected chi connectivity index (χ0v) is 11.3. The standard InChI is InChI=1S/C14H18N4O/c1-10-4-3-5-11-12(10)15-14(19)13(11)16-18-8-6-17(2)7-9-18/h3-5H,6-9H2,1-2H3,(H,15,16,19). The van der Waals surface area contributed by atoms with Crippen LogP contribution in [0.25, 0.3) is 0 Å². The summed E-state index contributed by atoms with van der Waals surface area (Å²) in [6, 6.07) is 5.92. The van der Waals surface area contributed by atoms with Gasteiger partial charge in [0.15, 0.2) is 5.71 Å². The summed E-state index contributed by atoms with van der Waals surface area (Å²) >= 11 is 0. The third-order valence-corrected chi connectivity index (χ3v) is 3.70. The van der Waals surface area contributed by atoms with Gasteiger partial charge in [0, 0.05) is 31.7 Å².